The number of nitrogens with one attached hydrogen (secondary N) is 2. The number of aromatic nitrogens is 2. The second-order valence-electron chi connectivity index (χ2n) is 10.6. The van der Waals surface area contributed by atoms with Gasteiger partial charge in [0.2, 0.25) is 11.8 Å². The Morgan fingerprint density at radius 3 is 2.43 bits per heavy atom. The van der Waals surface area contributed by atoms with Gasteiger partial charge in [0.1, 0.15) is 5.67 Å². The predicted molar refractivity (Wildman–Crippen MR) is 144 cm³/mol. The summed E-state index contributed by atoms with van der Waals surface area (Å²) in [5, 5.41) is 11.0. The number of nitrogens with zero attached hydrogens (tertiary/aromatic N) is 2. The number of hydrogen-bond donors (Lipinski definition) is 4. The molecule has 4 unspecified atom stereocenters. The highest BCUT2D eigenvalue weighted by Crippen LogP contribution is 2.59. The molecule has 4 rings (SSSR count). The van der Waals surface area contributed by atoms with Crippen molar-refractivity contribution in [1.29, 1.82) is 0 Å². The molecular formula is C28H35FN6O2. The highest BCUT2D eigenvalue weighted by Gasteiger charge is 2.67. The van der Waals surface area contributed by atoms with Crippen molar-refractivity contribution >= 4 is 34.1 Å². The van der Waals surface area contributed by atoms with Crippen molar-refractivity contribution in [1.82, 2.24) is 15.1 Å². The summed E-state index contributed by atoms with van der Waals surface area (Å²) in [6, 6.07) is 11.0. The molecule has 8 nitrogen and oxygen atoms in total. The number of primary amides is 1. The molecule has 3 aromatic rings. The molecule has 1 heterocycles. The minimum absolute atomic E-state index is 0.186. The van der Waals surface area contributed by atoms with Crippen LogP contribution in [0.1, 0.15) is 56.8 Å². The van der Waals surface area contributed by atoms with Crippen molar-refractivity contribution in [2.45, 2.75) is 52.8 Å². The van der Waals surface area contributed by atoms with E-state index in [1.165, 1.54) is 6.92 Å². The lowest BCUT2D eigenvalue weighted by atomic mass is 9.93. The van der Waals surface area contributed by atoms with Gasteiger partial charge in [-0.15, -0.1) is 0 Å². The molecule has 1 aliphatic rings. The van der Waals surface area contributed by atoms with Crippen LogP contribution in [0.4, 0.5) is 10.1 Å². The lowest BCUT2D eigenvalue weighted by Gasteiger charge is -2.34. The molecule has 4 atom stereocenters. The maximum Gasteiger partial charge on any atom is 0.233 e. The molecule has 0 saturated heterocycles. The normalized spacial score (nSPS) is 23.2. The Kier molecular flexibility index (Phi) is 6.52. The zero-order chi connectivity index (χ0) is 27.3. The number of halogens is 1. The Bertz CT molecular complexity index is 1410. The second kappa shape index (κ2) is 9.21. The van der Waals surface area contributed by atoms with Crippen LogP contribution in [0, 0.1) is 18.3 Å². The van der Waals surface area contributed by atoms with Gasteiger partial charge >= 0.3 is 0 Å². The molecule has 2 aromatic carbocycles. The fourth-order valence-electron chi connectivity index (χ4n) is 4.90. The molecule has 1 saturated carbocycles. The van der Waals surface area contributed by atoms with Crippen molar-refractivity contribution < 1.29 is 14.0 Å². The summed E-state index contributed by atoms with van der Waals surface area (Å²) >= 11 is 0. The maximum absolute atomic E-state index is 14.5. The zero-order valence-corrected chi connectivity index (χ0v) is 22.1. The van der Waals surface area contributed by atoms with E-state index < -0.39 is 22.9 Å². The standard InChI is InChI=1S/C28H35FN6O2/c1-15-11-12-21-19(13-32-34-21)22(15)24(23(30)16(2)25(31)36)35(6)17(3)18-9-7-8-10-20(18)33-26(37)27(4)14-28(27,5)29/h7-13,16-17H,14,30H2,1-6H3,(H2,31,36)(H,32,34)(H,33,37)/b24-23+. The van der Waals surface area contributed by atoms with Crippen LogP contribution < -0.4 is 16.8 Å². The third-order valence-electron chi connectivity index (χ3n) is 8.04. The van der Waals surface area contributed by atoms with E-state index >= 15 is 0 Å². The third kappa shape index (κ3) is 4.43. The number of benzene rings is 2. The van der Waals surface area contributed by atoms with Crippen LogP contribution in [0.2, 0.25) is 0 Å². The average Bonchev–Trinajstić information content (AvgIpc) is 3.16. The fraction of sp³-hybridized carbons (Fsp3) is 0.393. The van der Waals surface area contributed by atoms with Gasteiger partial charge in [0.25, 0.3) is 0 Å². The molecule has 6 N–H and O–H groups in total. The van der Waals surface area contributed by atoms with Gasteiger partial charge in [-0.2, -0.15) is 5.10 Å². The molecule has 1 fully saturated rings. The van der Waals surface area contributed by atoms with Crippen LogP contribution in [0.5, 0.6) is 0 Å². The van der Waals surface area contributed by atoms with Crippen LogP contribution >= 0.6 is 0 Å². The Morgan fingerprint density at radius 1 is 1.16 bits per heavy atom. The summed E-state index contributed by atoms with van der Waals surface area (Å²) in [6.07, 6.45) is 1.92. The summed E-state index contributed by atoms with van der Waals surface area (Å²) in [5.74, 6) is -1.61. The van der Waals surface area contributed by atoms with E-state index in [2.05, 4.69) is 15.5 Å². The largest absolute Gasteiger partial charge is 0.400 e. The maximum atomic E-state index is 14.5. The smallest absolute Gasteiger partial charge is 0.233 e. The van der Waals surface area contributed by atoms with Crippen molar-refractivity contribution in [2.75, 3.05) is 12.4 Å². The van der Waals surface area contributed by atoms with E-state index in [4.69, 9.17) is 11.5 Å². The molecule has 9 heteroatoms. The van der Waals surface area contributed by atoms with Gasteiger partial charge in [0.15, 0.2) is 0 Å². The van der Waals surface area contributed by atoms with Gasteiger partial charge in [-0.25, -0.2) is 4.39 Å². The number of para-hydroxylation sites is 1. The lowest BCUT2D eigenvalue weighted by Crippen LogP contribution is -2.32. The Morgan fingerprint density at radius 2 is 1.81 bits per heavy atom. The summed E-state index contributed by atoms with van der Waals surface area (Å²) in [7, 11) is 1.89. The first-order valence-electron chi connectivity index (χ1n) is 12.3. The Balaban J connectivity index is 1.80. The highest BCUT2D eigenvalue weighted by molar-refractivity contribution is 5.99. The number of anilines is 1. The SMILES string of the molecule is Cc1ccc2[nH]ncc2c1/C(=C(\N)C(C)C(N)=O)N(C)C(C)c1ccccc1NC(=O)C1(C)CC1(C)F. The van der Waals surface area contributed by atoms with Gasteiger partial charge in [-0.1, -0.05) is 24.3 Å². The first-order valence-corrected chi connectivity index (χ1v) is 12.3. The molecule has 1 aliphatic carbocycles. The number of carbonyl (C=O) groups excluding carboxylic acids is 2. The van der Waals surface area contributed by atoms with Crippen LogP contribution in [0.25, 0.3) is 16.6 Å². The van der Waals surface area contributed by atoms with E-state index in [1.54, 1.807) is 26.1 Å². The molecular weight excluding hydrogens is 471 g/mol. The molecule has 196 valence electrons. The number of fused-ring (bicyclic) bond motifs is 1. The highest BCUT2D eigenvalue weighted by atomic mass is 19.1. The molecule has 37 heavy (non-hydrogen) atoms. The van der Waals surface area contributed by atoms with Crippen LogP contribution in [0.3, 0.4) is 0 Å². The van der Waals surface area contributed by atoms with Crippen molar-refractivity contribution in [3.63, 3.8) is 0 Å². The fourth-order valence-corrected chi connectivity index (χ4v) is 4.90. The molecule has 0 spiro atoms. The molecule has 0 radical (unpaired) electrons. The number of aryl methyl sites for hydroxylation is 1. The van der Waals surface area contributed by atoms with Gasteiger partial charge in [0, 0.05) is 29.4 Å². The van der Waals surface area contributed by atoms with Crippen LogP contribution in [-0.2, 0) is 9.59 Å². The quantitative estimate of drug-likeness (QED) is 0.360. The number of carbonyl (C=O) groups is 2. The Hall–Kier alpha value is -3.88. The predicted octanol–water partition coefficient (Wildman–Crippen LogP) is 4.39. The molecule has 0 bridgehead atoms. The summed E-state index contributed by atoms with van der Waals surface area (Å²) in [4.78, 5) is 27.1. The van der Waals surface area contributed by atoms with E-state index in [1.807, 2.05) is 56.1 Å². The lowest BCUT2D eigenvalue weighted by molar-refractivity contribution is -0.122. The number of amides is 2. The van der Waals surface area contributed by atoms with E-state index in [9.17, 15) is 14.0 Å². The van der Waals surface area contributed by atoms with E-state index in [0.29, 0.717) is 17.1 Å². The van der Waals surface area contributed by atoms with Gasteiger partial charge in [0.05, 0.1) is 34.8 Å². The van der Waals surface area contributed by atoms with Crippen LogP contribution in [0.15, 0.2) is 48.3 Å². The van der Waals surface area contributed by atoms with E-state index in [0.717, 1.165) is 27.6 Å². The van der Waals surface area contributed by atoms with Gasteiger partial charge < -0.3 is 21.7 Å². The van der Waals surface area contributed by atoms with Crippen molar-refractivity contribution in [3.05, 3.63) is 65.0 Å². The first-order chi connectivity index (χ1) is 17.3. The van der Waals surface area contributed by atoms with Gasteiger partial charge in [-0.3, -0.25) is 14.7 Å². The monoisotopic (exact) mass is 506 g/mol. The number of rotatable bonds is 8. The van der Waals surface area contributed by atoms with Crippen LogP contribution in [-0.4, -0.2) is 39.6 Å². The zero-order valence-electron chi connectivity index (χ0n) is 22.1. The number of alkyl halides is 1. The topological polar surface area (TPSA) is 130 Å². The van der Waals surface area contributed by atoms with Crippen molar-refractivity contribution in [3.8, 4) is 0 Å². The summed E-state index contributed by atoms with van der Waals surface area (Å²) in [5.41, 5.74) is 14.7. The Labute approximate surface area is 216 Å². The number of hydrogen-bond acceptors (Lipinski definition) is 5. The number of aromatic amines is 1. The molecule has 0 aliphatic heterocycles. The average molecular weight is 507 g/mol. The number of nitrogens with two attached hydrogens (primary N) is 2. The van der Waals surface area contributed by atoms with Crippen molar-refractivity contribution in [2.24, 2.45) is 22.8 Å². The first kappa shape index (κ1) is 26.2. The second-order valence-corrected chi connectivity index (χ2v) is 10.6. The molecule has 1 aromatic heterocycles. The minimum Gasteiger partial charge on any atom is -0.400 e. The third-order valence-corrected chi connectivity index (χ3v) is 8.04. The molecule has 2 amide bonds. The summed E-state index contributed by atoms with van der Waals surface area (Å²) in [6.45, 7) is 8.73. The minimum atomic E-state index is -1.52. The van der Waals surface area contributed by atoms with E-state index in [-0.39, 0.29) is 18.4 Å². The number of H-pyrrole nitrogens is 1. The summed E-state index contributed by atoms with van der Waals surface area (Å²) < 4.78 is 14.5. The van der Waals surface area contributed by atoms with Gasteiger partial charge in [-0.05, 0) is 64.3 Å².